The van der Waals surface area contributed by atoms with E-state index in [1.54, 1.807) is 6.92 Å². The summed E-state index contributed by atoms with van der Waals surface area (Å²) in [5.74, 6) is 0. The van der Waals surface area contributed by atoms with Crippen LogP contribution >= 0.6 is 46.4 Å². The number of nitrogens with two attached hydrogens (primary N) is 1. The summed E-state index contributed by atoms with van der Waals surface area (Å²) in [6.07, 6.45) is 0. The van der Waals surface area contributed by atoms with E-state index >= 15 is 0 Å². The van der Waals surface area contributed by atoms with Gasteiger partial charge >= 0.3 is 0 Å². The third kappa shape index (κ3) is 1.82. The molecule has 14 heavy (non-hydrogen) atoms. The predicted octanol–water partition coefficient (Wildman–Crippen LogP) is 4.54. The first-order chi connectivity index (χ1) is 6.37. The Morgan fingerprint density at radius 1 is 1.00 bits per heavy atom. The maximum atomic E-state index is 5.95. The van der Waals surface area contributed by atoms with Gasteiger partial charge in [-0.05, 0) is 12.5 Å². The molecule has 0 aliphatic carbocycles. The summed E-state index contributed by atoms with van der Waals surface area (Å²) >= 11 is 23.6. The van der Waals surface area contributed by atoms with Crippen LogP contribution in [-0.4, -0.2) is 0 Å². The van der Waals surface area contributed by atoms with Crippen molar-refractivity contribution < 1.29 is 0 Å². The summed E-state index contributed by atoms with van der Waals surface area (Å²) in [4.78, 5) is 0. The summed E-state index contributed by atoms with van der Waals surface area (Å²) in [6, 6.07) is 0. The number of rotatable bonds is 1. The van der Waals surface area contributed by atoms with E-state index in [9.17, 15) is 0 Å². The molecule has 0 heterocycles. The second kappa shape index (κ2) is 4.19. The van der Waals surface area contributed by atoms with Gasteiger partial charge < -0.3 is 5.73 Å². The Hall–Kier alpha value is -0.0800. The Morgan fingerprint density at radius 3 is 1.86 bits per heavy atom. The molecule has 0 spiro atoms. The average molecular weight is 271 g/mol. The quantitative estimate of drug-likeness (QED) is 0.589. The lowest BCUT2D eigenvalue weighted by molar-refractivity contribution is 1.40. The van der Waals surface area contributed by atoms with Crippen molar-refractivity contribution in [2.75, 3.05) is 0 Å². The van der Waals surface area contributed by atoms with Crippen LogP contribution in [-0.2, 0) is 0 Å². The molecule has 2 N–H and O–H groups in total. The Labute approximate surface area is 102 Å². The first-order valence-corrected chi connectivity index (χ1v) is 5.16. The molecule has 0 unspecified atom stereocenters. The monoisotopic (exact) mass is 269 g/mol. The van der Waals surface area contributed by atoms with Crippen molar-refractivity contribution in [1.29, 1.82) is 0 Å². The molecule has 1 nitrogen and oxygen atoms in total. The normalized spacial score (nSPS) is 10.4. The Bertz CT molecular complexity index is 383. The highest BCUT2D eigenvalue weighted by atomic mass is 35.5. The zero-order valence-corrected chi connectivity index (χ0v) is 10.3. The van der Waals surface area contributed by atoms with Gasteiger partial charge in [-0.3, -0.25) is 0 Å². The Kier molecular flexibility index (Phi) is 3.59. The fourth-order valence-electron chi connectivity index (χ4n) is 1.12. The van der Waals surface area contributed by atoms with Crippen LogP contribution in [0.2, 0.25) is 20.1 Å². The van der Waals surface area contributed by atoms with E-state index < -0.39 is 0 Å². The van der Waals surface area contributed by atoms with Crippen LogP contribution in [0, 0.1) is 6.92 Å². The summed E-state index contributed by atoms with van der Waals surface area (Å²) in [6.45, 7) is 5.35. The van der Waals surface area contributed by atoms with Crippen molar-refractivity contribution in [3.63, 3.8) is 0 Å². The summed E-state index contributed by atoms with van der Waals surface area (Å²) in [5, 5.41) is 1.07. The molecule has 0 aliphatic rings. The van der Waals surface area contributed by atoms with Gasteiger partial charge in [0.1, 0.15) is 0 Å². The van der Waals surface area contributed by atoms with Crippen LogP contribution in [0.3, 0.4) is 0 Å². The molecule has 5 heteroatoms. The molecular formula is C9H7Cl4N. The van der Waals surface area contributed by atoms with Crippen LogP contribution in [0.4, 0.5) is 0 Å². The minimum absolute atomic E-state index is 0.200. The van der Waals surface area contributed by atoms with Gasteiger partial charge in [0.15, 0.2) is 0 Å². The summed E-state index contributed by atoms with van der Waals surface area (Å²) < 4.78 is 0. The van der Waals surface area contributed by atoms with E-state index in [0.29, 0.717) is 21.8 Å². The smallest absolute Gasteiger partial charge is 0.0800 e. The van der Waals surface area contributed by atoms with Crippen molar-refractivity contribution in [2.24, 2.45) is 5.73 Å². The average Bonchev–Trinajstić information content (AvgIpc) is 2.11. The van der Waals surface area contributed by atoms with Gasteiger partial charge in [-0.25, -0.2) is 0 Å². The second-order valence-corrected chi connectivity index (χ2v) is 4.29. The minimum atomic E-state index is 0.200. The zero-order valence-electron chi connectivity index (χ0n) is 7.30. The van der Waals surface area contributed by atoms with Crippen LogP contribution in [0.1, 0.15) is 11.1 Å². The molecule has 0 radical (unpaired) electrons. The fourth-order valence-corrected chi connectivity index (χ4v) is 2.19. The molecule has 0 aromatic heterocycles. The molecule has 0 saturated carbocycles. The zero-order chi connectivity index (χ0) is 11.0. The molecule has 0 atom stereocenters. The third-order valence-corrected chi connectivity index (χ3v) is 3.72. The molecular weight excluding hydrogens is 264 g/mol. The second-order valence-electron chi connectivity index (χ2n) is 2.78. The lowest BCUT2D eigenvalue weighted by atomic mass is 10.1. The van der Waals surface area contributed by atoms with E-state index in [0.717, 1.165) is 0 Å². The van der Waals surface area contributed by atoms with Crippen molar-refractivity contribution in [3.8, 4) is 0 Å². The van der Waals surface area contributed by atoms with Crippen LogP contribution < -0.4 is 5.73 Å². The number of halogens is 4. The molecule has 0 amide bonds. The summed E-state index contributed by atoms with van der Waals surface area (Å²) in [7, 11) is 0. The Morgan fingerprint density at radius 2 is 1.43 bits per heavy atom. The Balaban J connectivity index is 3.68. The van der Waals surface area contributed by atoms with Crippen molar-refractivity contribution in [3.05, 3.63) is 37.8 Å². The van der Waals surface area contributed by atoms with Crippen LogP contribution in [0.15, 0.2) is 6.58 Å². The first kappa shape index (κ1) is 12.0. The van der Waals surface area contributed by atoms with Gasteiger partial charge in [0.05, 0.1) is 20.1 Å². The SMILES string of the molecule is C=C(N)c1c(C)c(Cl)c(Cl)c(Cl)c1Cl. The molecule has 0 bridgehead atoms. The molecule has 1 aromatic rings. The van der Waals surface area contributed by atoms with Gasteiger partial charge in [0.2, 0.25) is 0 Å². The van der Waals surface area contributed by atoms with Crippen molar-refractivity contribution in [1.82, 2.24) is 0 Å². The lowest BCUT2D eigenvalue weighted by Crippen LogP contribution is -1.99. The van der Waals surface area contributed by atoms with Crippen molar-refractivity contribution in [2.45, 2.75) is 6.92 Å². The highest BCUT2D eigenvalue weighted by molar-refractivity contribution is 6.52. The number of hydrogen-bond acceptors (Lipinski definition) is 1. The maximum absolute atomic E-state index is 5.95. The molecule has 76 valence electrons. The van der Waals surface area contributed by atoms with E-state index in [2.05, 4.69) is 6.58 Å². The predicted molar refractivity (Wildman–Crippen MR) is 64.4 cm³/mol. The third-order valence-electron chi connectivity index (χ3n) is 1.82. The largest absolute Gasteiger partial charge is 0.399 e. The topological polar surface area (TPSA) is 26.0 Å². The molecule has 1 aromatic carbocycles. The fraction of sp³-hybridized carbons (Fsp3) is 0.111. The molecule has 1 rings (SSSR count). The van der Waals surface area contributed by atoms with E-state index in [1.807, 2.05) is 0 Å². The van der Waals surface area contributed by atoms with E-state index in [4.69, 9.17) is 52.1 Å². The van der Waals surface area contributed by atoms with Gasteiger partial charge in [-0.1, -0.05) is 53.0 Å². The molecule has 0 fully saturated rings. The highest BCUT2D eigenvalue weighted by Crippen LogP contribution is 2.42. The highest BCUT2D eigenvalue weighted by Gasteiger charge is 2.18. The molecule has 0 saturated heterocycles. The molecule has 0 aliphatic heterocycles. The number of benzene rings is 1. The first-order valence-electron chi connectivity index (χ1n) is 3.65. The lowest BCUT2D eigenvalue weighted by Gasteiger charge is -2.13. The van der Waals surface area contributed by atoms with Crippen LogP contribution in [0.25, 0.3) is 5.70 Å². The minimum Gasteiger partial charge on any atom is -0.399 e. The van der Waals surface area contributed by atoms with Gasteiger partial charge in [0, 0.05) is 11.3 Å². The summed E-state index contributed by atoms with van der Waals surface area (Å²) in [5.41, 5.74) is 7.10. The number of hydrogen-bond donors (Lipinski definition) is 1. The van der Waals surface area contributed by atoms with Gasteiger partial charge in [0.25, 0.3) is 0 Å². The standard InChI is InChI=1S/C9H7Cl4N/c1-3-5(4(2)14)7(11)9(13)8(12)6(3)10/h2,14H2,1H3. The van der Waals surface area contributed by atoms with Crippen molar-refractivity contribution >= 4 is 52.1 Å². The van der Waals surface area contributed by atoms with E-state index in [-0.39, 0.29) is 15.1 Å². The van der Waals surface area contributed by atoms with E-state index in [1.165, 1.54) is 0 Å². The van der Waals surface area contributed by atoms with Crippen LogP contribution in [0.5, 0.6) is 0 Å². The maximum Gasteiger partial charge on any atom is 0.0800 e. The van der Waals surface area contributed by atoms with Gasteiger partial charge in [-0.15, -0.1) is 0 Å². The van der Waals surface area contributed by atoms with Gasteiger partial charge in [-0.2, -0.15) is 0 Å².